The number of fused-ring (bicyclic) bond motifs is 1. The fourth-order valence-electron chi connectivity index (χ4n) is 2.35. The third kappa shape index (κ3) is 3.98. The number of hydrogen-bond acceptors (Lipinski definition) is 7. The van der Waals surface area contributed by atoms with Crippen LogP contribution in [0.4, 0.5) is 0 Å². The number of benzene rings is 1. The van der Waals surface area contributed by atoms with Crippen LogP contribution in [-0.4, -0.2) is 63.5 Å². The quantitative estimate of drug-likeness (QED) is 0.302. The maximum absolute atomic E-state index is 12.0. The first-order valence-electron chi connectivity index (χ1n) is 7.41. The molecule has 0 aliphatic carbocycles. The van der Waals surface area contributed by atoms with Crippen LogP contribution in [0, 0.1) is 0 Å². The maximum Gasteiger partial charge on any atom is 0.324 e. The predicted octanol–water partition coefficient (Wildman–Crippen LogP) is -1.14. The Labute approximate surface area is 137 Å². The zero-order valence-electron chi connectivity index (χ0n) is 12.8. The van der Waals surface area contributed by atoms with Gasteiger partial charge in [0.2, 0.25) is 0 Å². The standard InChI is InChI=1S/C16H20N2O6/c17-11(5-9-6-18-12-4-2-1-3-10(9)12)16(23)24-14(8-20)15(22)13(21)7-19/h1-4,6,8,11,13-15,18-19,21-22H,5,7,17H2/t11-,13+,14-,15-/m0/s1. The number of rotatable bonds is 8. The Morgan fingerprint density at radius 3 is 2.71 bits per heavy atom. The first-order valence-corrected chi connectivity index (χ1v) is 7.41. The van der Waals surface area contributed by atoms with Gasteiger partial charge in [0.25, 0.3) is 0 Å². The molecule has 8 heteroatoms. The Balaban J connectivity index is 2.02. The van der Waals surface area contributed by atoms with Crippen molar-refractivity contribution in [3.05, 3.63) is 36.0 Å². The summed E-state index contributed by atoms with van der Waals surface area (Å²) in [7, 11) is 0. The highest BCUT2D eigenvalue weighted by molar-refractivity contribution is 5.84. The van der Waals surface area contributed by atoms with E-state index in [0.29, 0.717) is 0 Å². The molecule has 24 heavy (non-hydrogen) atoms. The van der Waals surface area contributed by atoms with E-state index in [-0.39, 0.29) is 12.7 Å². The van der Waals surface area contributed by atoms with Crippen LogP contribution in [-0.2, 0) is 20.7 Å². The van der Waals surface area contributed by atoms with Crippen LogP contribution < -0.4 is 5.73 Å². The minimum atomic E-state index is -1.73. The smallest absolute Gasteiger partial charge is 0.324 e. The largest absolute Gasteiger partial charge is 0.451 e. The number of nitrogens with two attached hydrogens (primary N) is 1. The zero-order valence-corrected chi connectivity index (χ0v) is 12.8. The first kappa shape index (κ1) is 18.1. The molecule has 0 saturated carbocycles. The summed E-state index contributed by atoms with van der Waals surface area (Å²) in [5, 5.41) is 28.7. The van der Waals surface area contributed by atoms with Gasteiger partial charge in [0.15, 0.2) is 12.4 Å². The van der Waals surface area contributed by atoms with E-state index in [4.69, 9.17) is 15.6 Å². The number of para-hydroxylation sites is 1. The second kappa shape index (κ2) is 8.02. The summed E-state index contributed by atoms with van der Waals surface area (Å²) in [6.45, 7) is -0.773. The molecule has 1 aromatic carbocycles. The number of aliphatic hydroxyl groups excluding tert-OH is 3. The summed E-state index contributed by atoms with van der Waals surface area (Å²) in [6, 6.07) is 6.45. The molecular weight excluding hydrogens is 316 g/mol. The van der Waals surface area contributed by atoms with E-state index in [1.165, 1.54) is 0 Å². The zero-order chi connectivity index (χ0) is 17.7. The number of nitrogens with one attached hydrogen (secondary N) is 1. The number of aromatic amines is 1. The molecular formula is C16H20N2O6. The van der Waals surface area contributed by atoms with Gasteiger partial charge in [0.1, 0.15) is 18.2 Å². The Kier molecular flexibility index (Phi) is 6.04. The van der Waals surface area contributed by atoms with Crippen molar-refractivity contribution in [1.29, 1.82) is 0 Å². The van der Waals surface area contributed by atoms with Gasteiger partial charge in [-0.2, -0.15) is 0 Å². The summed E-state index contributed by atoms with van der Waals surface area (Å²) in [5.41, 5.74) is 7.53. The fourth-order valence-corrected chi connectivity index (χ4v) is 2.35. The number of esters is 1. The van der Waals surface area contributed by atoms with E-state index in [9.17, 15) is 19.8 Å². The lowest BCUT2D eigenvalue weighted by molar-refractivity contribution is -0.165. The molecule has 0 amide bonds. The third-order valence-electron chi connectivity index (χ3n) is 3.72. The average molecular weight is 336 g/mol. The van der Waals surface area contributed by atoms with E-state index >= 15 is 0 Å². The molecule has 0 aliphatic heterocycles. The van der Waals surface area contributed by atoms with Crippen molar-refractivity contribution < 1.29 is 29.6 Å². The molecule has 0 bridgehead atoms. The molecule has 6 N–H and O–H groups in total. The first-order chi connectivity index (χ1) is 11.5. The van der Waals surface area contributed by atoms with Gasteiger partial charge >= 0.3 is 5.97 Å². The lowest BCUT2D eigenvalue weighted by Gasteiger charge is -2.22. The van der Waals surface area contributed by atoms with E-state index in [1.54, 1.807) is 6.20 Å². The molecule has 1 heterocycles. The maximum atomic E-state index is 12.0. The normalized spacial score (nSPS) is 16.3. The average Bonchev–Trinajstić information content (AvgIpc) is 3.01. The van der Waals surface area contributed by atoms with E-state index in [2.05, 4.69) is 4.98 Å². The lowest BCUT2D eigenvalue weighted by atomic mass is 10.1. The van der Waals surface area contributed by atoms with Crippen molar-refractivity contribution in [3.63, 3.8) is 0 Å². The van der Waals surface area contributed by atoms with E-state index in [1.807, 2.05) is 24.3 Å². The van der Waals surface area contributed by atoms with Crippen LogP contribution in [0.3, 0.4) is 0 Å². The summed E-state index contributed by atoms with van der Waals surface area (Å²) < 4.78 is 4.84. The Bertz CT molecular complexity index is 701. The lowest BCUT2D eigenvalue weighted by Crippen LogP contribution is -2.46. The molecule has 0 spiro atoms. The molecule has 2 rings (SSSR count). The number of H-pyrrole nitrogens is 1. The van der Waals surface area contributed by atoms with Gasteiger partial charge in [-0.3, -0.25) is 9.59 Å². The van der Waals surface area contributed by atoms with Crippen LogP contribution in [0.15, 0.2) is 30.5 Å². The second-order valence-corrected chi connectivity index (χ2v) is 5.45. The van der Waals surface area contributed by atoms with Crippen LogP contribution in [0.2, 0.25) is 0 Å². The Morgan fingerprint density at radius 2 is 2.04 bits per heavy atom. The number of carbonyl (C=O) groups is 2. The molecule has 0 aliphatic rings. The van der Waals surface area contributed by atoms with Crippen molar-refractivity contribution in [2.75, 3.05) is 6.61 Å². The molecule has 1 aromatic heterocycles. The van der Waals surface area contributed by atoms with Crippen molar-refractivity contribution >= 4 is 23.2 Å². The Morgan fingerprint density at radius 1 is 1.33 bits per heavy atom. The molecule has 0 saturated heterocycles. The number of aldehydes is 1. The van der Waals surface area contributed by atoms with Crippen molar-refractivity contribution in [1.82, 2.24) is 4.98 Å². The number of carbonyl (C=O) groups excluding carboxylic acids is 2. The Hall–Kier alpha value is -2.26. The van der Waals surface area contributed by atoms with E-state index in [0.717, 1.165) is 16.5 Å². The van der Waals surface area contributed by atoms with E-state index < -0.39 is 36.9 Å². The van der Waals surface area contributed by atoms with Gasteiger partial charge in [-0.25, -0.2) is 0 Å². The molecule has 0 unspecified atom stereocenters. The number of aliphatic hydroxyl groups is 3. The molecule has 0 radical (unpaired) electrons. The number of ether oxygens (including phenoxy) is 1. The molecule has 130 valence electrons. The fraction of sp³-hybridized carbons (Fsp3) is 0.375. The SMILES string of the molecule is N[C@@H](Cc1c[nH]c2ccccc12)C(=O)O[C@@H](C=O)[C@@H](O)[C@H](O)CO. The van der Waals surface area contributed by atoms with Gasteiger partial charge in [-0.15, -0.1) is 0 Å². The highest BCUT2D eigenvalue weighted by Gasteiger charge is 2.30. The topological polar surface area (TPSA) is 146 Å². The summed E-state index contributed by atoms with van der Waals surface area (Å²) in [6.07, 6.45) is -2.84. The minimum Gasteiger partial charge on any atom is -0.451 e. The number of hydrogen-bond donors (Lipinski definition) is 5. The second-order valence-electron chi connectivity index (χ2n) is 5.45. The van der Waals surface area contributed by atoms with Crippen LogP contribution in [0.5, 0.6) is 0 Å². The molecule has 2 aromatic rings. The summed E-state index contributed by atoms with van der Waals surface area (Å²) in [5.74, 6) is -0.887. The monoisotopic (exact) mass is 336 g/mol. The van der Waals surface area contributed by atoms with Crippen molar-refractivity contribution in [2.45, 2.75) is 30.8 Å². The van der Waals surface area contributed by atoms with Crippen molar-refractivity contribution in [3.8, 4) is 0 Å². The van der Waals surface area contributed by atoms with Gasteiger partial charge in [-0.05, 0) is 11.6 Å². The number of aromatic nitrogens is 1. The predicted molar refractivity (Wildman–Crippen MR) is 85.0 cm³/mol. The molecule has 8 nitrogen and oxygen atoms in total. The van der Waals surface area contributed by atoms with Crippen molar-refractivity contribution in [2.24, 2.45) is 5.73 Å². The van der Waals surface area contributed by atoms with Crippen LogP contribution in [0.1, 0.15) is 5.56 Å². The van der Waals surface area contributed by atoms with Crippen LogP contribution in [0.25, 0.3) is 10.9 Å². The molecule has 4 atom stereocenters. The molecule has 0 fully saturated rings. The summed E-state index contributed by atoms with van der Waals surface area (Å²) in [4.78, 5) is 26.0. The van der Waals surface area contributed by atoms with Gasteiger partial charge < -0.3 is 30.8 Å². The van der Waals surface area contributed by atoms with Gasteiger partial charge in [0, 0.05) is 23.5 Å². The van der Waals surface area contributed by atoms with Gasteiger partial charge in [-0.1, -0.05) is 18.2 Å². The highest BCUT2D eigenvalue weighted by Crippen LogP contribution is 2.19. The third-order valence-corrected chi connectivity index (χ3v) is 3.72. The minimum absolute atomic E-state index is 0.174. The van der Waals surface area contributed by atoms with Gasteiger partial charge in [0.05, 0.1) is 6.61 Å². The highest BCUT2D eigenvalue weighted by atomic mass is 16.6. The summed E-state index contributed by atoms with van der Waals surface area (Å²) >= 11 is 0. The van der Waals surface area contributed by atoms with Crippen LogP contribution >= 0.6 is 0 Å².